The van der Waals surface area contributed by atoms with Crippen molar-refractivity contribution in [2.24, 2.45) is 10.8 Å². The second-order valence-electron chi connectivity index (χ2n) is 6.02. The van der Waals surface area contributed by atoms with Crippen molar-refractivity contribution in [2.75, 3.05) is 0 Å². The van der Waals surface area contributed by atoms with Gasteiger partial charge in [0.05, 0.1) is 0 Å². The first-order valence-electron chi connectivity index (χ1n) is 6.47. The first kappa shape index (κ1) is 12.4. The highest BCUT2D eigenvalue weighted by Crippen LogP contribution is 2.62. The SMILES string of the molecule is C=CC12CCCC(C=C)(CC(Br)(CC)C1)C2. The molecule has 2 rings (SSSR count). The Balaban J connectivity index is 2.37. The summed E-state index contributed by atoms with van der Waals surface area (Å²) in [7, 11) is 0. The van der Waals surface area contributed by atoms with Gasteiger partial charge in [-0.25, -0.2) is 0 Å². The molecule has 2 aliphatic carbocycles. The Bertz CT molecular complexity index is 283. The van der Waals surface area contributed by atoms with Crippen molar-refractivity contribution < 1.29 is 0 Å². The second kappa shape index (κ2) is 4.01. The maximum Gasteiger partial charge on any atom is 0.0272 e. The van der Waals surface area contributed by atoms with Crippen LogP contribution >= 0.6 is 15.9 Å². The first-order chi connectivity index (χ1) is 7.51. The molecule has 90 valence electrons. The molecular formula is C15H23Br. The molecule has 2 bridgehead atoms. The van der Waals surface area contributed by atoms with Crippen molar-refractivity contribution in [1.29, 1.82) is 0 Å². The molecule has 0 amide bonds. The van der Waals surface area contributed by atoms with E-state index < -0.39 is 0 Å². The van der Waals surface area contributed by atoms with Crippen molar-refractivity contribution in [2.45, 2.75) is 56.2 Å². The van der Waals surface area contributed by atoms with E-state index in [1.807, 2.05) is 0 Å². The molecule has 2 saturated carbocycles. The maximum absolute atomic E-state index is 4.11. The predicted molar refractivity (Wildman–Crippen MR) is 74.9 cm³/mol. The lowest BCUT2D eigenvalue weighted by molar-refractivity contribution is 0.0460. The van der Waals surface area contributed by atoms with Gasteiger partial charge < -0.3 is 0 Å². The zero-order chi connectivity index (χ0) is 11.9. The van der Waals surface area contributed by atoms with Gasteiger partial charge >= 0.3 is 0 Å². The third-order valence-corrected chi connectivity index (χ3v) is 6.01. The van der Waals surface area contributed by atoms with Gasteiger partial charge in [0.2, 0.25) is 0 Å². The van der Waals surface area contributed by atoms with Crippen molar-refractivity contribution in [3.8, 4) is 0 Å². The van der Waals surface area contributed by atoms with Crippen molar-refractivity contribution in [3.63, 3.8) is 0 Å². The molecule has 1 heteroatoms. The van der Waals surface area contributed by atoms with Gasteiger partial charge in [0, 0.05) is 4.32 Å². The number of halogens is 1. The van der Waals surface area contributed by atoms with Crippen LogP contribution in [0.2, 0.25) is 0 Å². The van der Waals surface area contributed by atoms with Crippen LogP contribution in [0.3, 0.4) is 0 Å². The van der Waals surface area contributed by atoms with Gasteiger partial charge in [-0.3, -0.25) is 0 Å². The highest BCUT2D eigenvalue weighted by atomic mass is 79.9. The minimum absolute atomic E-state index is 0.314. The topological polar surface area (TPSA) is 0 Å². The largest absolute Gasteiger partial charge is 0.103 e. The molecule has 16 heavy (non-hydrogen) atoms. The molecule has 2 atom stereocenters. The number of hydrogen-bond acceptors (Lipinski definition) is 0. The van der Waals surface area contributed by atoms with E-state index in [2.05, 4.69) is 48.2 Å². The fourth-order valence-corrected chi connectivity index (χ4v) is 5.16. The smallest absolute Gasteiger partial charge is 0.0272 e. The first-order valence-corrected chi connectivity index (χ1v) is 7.26. The zero-order valence-electron chi connectivity index (χ0n) is 10.4. The molecule has 0 nitrogen and oxygen atoms in total. The van der Waals surface area contributed by atoms with E-state index in [9.17, 15) is 0 Å². The molecule has 2 aliphatic rings. The summed E-state index contributed by atoms with van der Waals surface area (Å²) in [5.41, 5.74) is 0.731. The highest BCUT2D eigenvalue weighted by Gasteiger charge is 2.52. The highest BCUT2D eigenvalue weighted by molar-refractivity contribution is 9.10. The number of allylic oxidation sites excluding steroid dienone is 2. The number of fused-ring (bicyclic) bond motifs is 2. The van der Waals surface area contributed by atoms with Gasteiger partial charge in [-0.2, -0.15) is 0 Å². The fraction of sp³-hybridized carbons (Fsp3) is 0.733. The van der Waals surface area contributed by atoms with Gasteiger partial charge in [-0.1, -0.05) is 41.4 Å². The normalized spacial score (nSPS) is 47.4. The van der Waals surface area contributed by atoms with E-state index >= 15 is 0 Å². The third kappa shape index (κ3) is 1.92. The number of hydrogen-bond donors (Lipinski definition) is 0. The summed E-state index contributed by atoms with van der Waals surface area (Å²) in [5, 5.41) is 0. The van der Waals surface area contributed by atoms with E-state index in [1.165, 1.54) is 44.9 Å². The van der Waals surface area contributed by atoms with E-state index in [0.717, 1.165) is 0 Å². The van der Waals surface area contributed by atoms with Crippen LogP contribution in [-0.4, -0.2) is 4.32 Å². The Kier molecular flexibility index (Phi) is 3.11. The van der Waals surface area contributed by atoms with Crippen molar-refractivity contribution in [3.05, 3.63) is 25.3 Å². The monoisotopic (exact) mass is 282 g/mol. The van der Waals surface area contributed by atoms with Crippen molar-refractivity contribution >= 4 is 15.9 Å². The van der Waals surface area contributed by atoms with Crippen LogP contribution in [0.5, 0.6) is 0 Å². The van der Waals surface area contributed by atoms with E-state index in [-0.39, 0.29) is 0 Å². The molecular weight excluding hydrogens is 260 g/mol. The molecule has 0 aromatic carbocycles. The molecule has 0 heterocycles. The summed E-state index contributed by atoms with van der Waals surface area (Å²) in [4.78, 5) is 0. The Morgan fingerprint density at radius 1 is 1.06 bits per heavy atom. The lowest BCUT2D eigenvalue weighted by Gasteiger charge is -2.56. The van der Waals surface area contributed by atoms with E-state index in [4.69, 9.17) is 0 Å². The van der Waals surface area contributed by atoms with Crippen molar-refractivity contribution in [1.82, 2.24) is 0 Å². The molecule has 0 aliphatic heterocycles. The van der Waals surface area contributed by atoms with Gasteiger partial charge in [-0.05, 0) is 49.4 Å². The molecule has 0 aromatic heterocycles. The zero-order valence-corrected chi connectivity index (χ0v) is 12.0. The summed E-state index contributed by atoms with van der Waals surface area (Å²) in [6, 6.07) is 0. The van der Waals surface area contributed by atoms with E-state index in [1.54, 1.807) is 0 Å². The maximum atomic E-state index is 4.11. The Hall–Kier alpha value is -0.0400. The average molecular weight is 283 g/mol. The lowest BCUT2D eigenvalue weighted by atomic mass is 9.52. The molecule has 0 saturated heterocycles. The molecule has 2 fully saturated rings. The fourth-order valence-electron chi connectivity index (χ4n) is 4.04. The second-order valence-corrected chi connectivity index (χ2v) is 7.70. The van der Waals surface area contributed by atoms with Crippen LogP contribution in [-0.2, 0) is 0 Å². The van der Waals surface area contributed by atoms with Crippen LogP contribution < -0.4 is 0 Å². The van der Waals surface area contributed by atoms with E-state index in [0.29, 0.717) is 15.2 Å². The summed E-state index contributed by atoms with van der Waals surface area (Å²) < 4.78 is 0.314. The Morgan fingerprint density at radius 2 is 1.56 bits per heavy atom. The van der Waals surface area contributed by atoms with Crippen LogP contribution in [0, 0.1) is 10.8 Å². The quantitative estimate of drug-likeness (QED) is 0.490. The average Bonchev–Trinajstić information content (AvgIpc) is 2.28. The minimum atomic E-state index is 0.314. The molecule has 2 unspecified atom stereocenters. The van der Waals surface area contributed by atoms with Gasteiger partial charge in [0.15, 0.2) is 0 Å². The number of rotatable bonds is 3. The molecule has 0 spiro atoms. The Morgan fingerprint density at radius 3 is 1.94 bits per heavy atom. The van der Waals surface area contributed by atoms with Gasteiger partial charge in [0.25, 0.3) is 0 Å². The summed E-state index contributed by atoms with van der Waals surface area (Å²) in [6.45, 7) is 10.5. The summed E-state index contributed by atoms with van der Waals surface area (Å²) in [5.74, 6) is 0. The van der Waals surface area contributed by atoms with Gasteiger partial charge in [0.1, 0.15) is 0 Å². The summed E-state index contributed by atoms with van der Waals surface area (Å²) >= 11 is 4.01. The molecule has 0 aromatic rings. The van der Waals surface area contributed by atoms with Gasteiger partial charge in [-0.15, -0.1) is 13.2 Å². The van der Waals surface area contributed by atoms with Crippen LogP contribution in [0.15, 0.2) is 25.3 Å². The number of alkyl halides is 1. The minimum Gasteiger partial charge on any atom is -0.103 e. The lowest BCUT2D eigenvalue weighted by Crippen LogP contribution is -2.47. The predicted octanol–water partition coefficient (Wildman–Crippen LogP) is 5.24. The summed E-state index contributed by atoms with van der Waals surface area (Å²) in [6.07, 6.45) is 13.4. The molecule has 0 radical (unpaired) electrons. The standard InChI is InChI=1S/C15H23Br/c1-4-13-8-7-9-14(5-2,10-13)12-15(16,6-3)11-13/h4-5H,1-2,6-12H2,3H3. The van der Waals surface area contributed by atoms with Crippen LogP contribution in [0.1, 0.15) is 51.9 Å². The van der Waals surface area contributed by atoms with Crippen LogP contribution in [0.25, 0.3) is 0 Å². The Labute approximate surface area is 108 Å². The molecule has 0 N–H and O–H groups in total. The third-order valence-electron chi connectivity index (χ3n) is 4.89. The van der Waals surface area contributed by atoms with Crippen LogP contribution in [0.4, 0.5) is 0 Å².